The Morgan fingerprint density at radius 1 is 0.833 bits per heavy atom. The number of carbonyl (C=O) groups excluding carboxylic acids is 1. The van der Waals surface area contributed by atoms with Gasteiger partial charge in [-0.1, -0.05) is 47.5 Å². The van der Waals surface area contributed by atoms with E-state index in [1.807, 2.05) is 55.5 Å². The molecule has 0 radical (unpaired) electrons. The van der Waals surface area contributed by atoms with Crippen LogP contribution in [0.4, 0.5) is 5.69 Å². The van der Waals surface area contributed by atoms with E-state index in [2.05, 4.69) is 15.4 Å². The van der Waals surface area contributed by atoms with E-state index in [1.165, 1.54) is 0 Å². The summed E-state index contributed by atoms with van der Waals surface area (Å²) in [6.07, 6.45) is 0. The third kappa shape index (κ3) is 5.25. The van der Waals surface area contributed by atoms with Gasteiger partial charge in [0, 0.05) is 21.3 Å². The van der Waals surface area contributed by atoms with Crippen LogP contribution in [0.2, 0.25) is 10.0 Å². The Hall–Kier alpha value is -4.13. The molecule has 8 heteroatoms. The molecule has 0 aliphatic heterocycles. The summed E-state index contributed by atoms with van der Waals surface area (Å²) in [4.78, 5) is 17.7. The number of ether oxygens (including phenoxy) is 1. The number of hydrogen-bond acceptors (Lipinski definition) is 4. The number of hydrogen-bond donors (Lipinski definition) is 1. The summed E-state index contributed by atoms with van der Waals surface area (Å²) in [7, 11) is 0. The summed E-state index contributed by atoms with van der Waals surface area (Å²) in [5, 5.41) is 8.53. The molecular weight excluding hydrogens is 495 g/mol. The third-order valence-electron chi connectivity index (χ3n) is 5.40. The number of nitrogens with one attached hydrogen (secondary N) is 1. The molecule has 0 fully saturated rings. The van der Waals surface area contributed by atoms with Crippen molar-refractivity contribution < 1.29 is 9.53 Å². The zero-order chi connectivity index (χ0) is 25.1. The van der Waals surface area contributed by atoms with Crippen LogP contribution in [0.25, 0.3) is 17.1 Å². The van der Waals surface area contributed by atoms with Crippen molar-refractivity contribution in [3.8, 4) is 28.6 Å². The Labute approximate surface area is 218 Å². The van der Waals surface area contributed by atoms with E-state index in [0.717, 1.165) is 22.6 Å². The molecule has 0 saturated heterocycles. The van der Waals surface area contributed by atoms with E-state index in [-0.39, 0.29) is 5.82 Å². The van der Waals surface area contributed by atoms with Gasteiger partial charge in [-0.3, -0.25) is 4.79 Å². The molecule has 1 N–H and O–H groups in total. The van der Waals surface area contributed by atoms with E-state index in [1.54, 1.807) is 53.2 Å². The van der Waals surface area contributed by atoms with Crippen molar-refractivity contribution >= 4 is 34.8 Å². The molecule has 0 aliphatic carbocycles. The minimum absolute atomic E-state index is 0.0175. The van der Waals surface area contributed by atoms with Crippen molar-refractivity contribution in [2.45, 2.75) is 6.92 Å². The number of benzene rings is 4. The average molecular weight is 515 g/mol. The third-order valence-corrected chi connectivity index (χ3v) is 5.89. The highest BCUT2D eigenvalue weighted by Gasteiger charge is 2.20. The van der Waals surface area contributed by atoms with Gasteiger partial charge in [0.15, 0.2) is 5.82 Å². The van der Waals surface area contributed by atoms with E-state index in [0.29, 0.717) is 27.3 Å². The summed E-state index contributed by atoms with van der Waals surface area (Å²) < 4.78 is 7.43. The molecule has 36 heavy (non-hydrogen) atoms. The van der Waals surface area contributed by atoms with Crippen LogP contribution < -0.4 is 10.1 Å². The number of aryl methyl sites for hydroxylation is 1. The predicted octanol–water partition coefficient (Wildman–Crippen LogP) is 7.59. The topological polar surface area (TPSA) is 69.0 Å². The lowest BCUT2D eigenvalue weighted by Crippen LogP contribution is -2.14. The molecule has 5 rings (SSSR count). The molecule has 1 heterocycles. The molecule has 0 spiro atoms. The van der Waals surface area contributed by atoms with E-state index >= 15 is 0 Å². The number of rotatable bonds is 6. The number of nitrogens with zero attached hydrogens (tertiary/aromatic N) is 3. The van der Waals surface area contributed by atoms with Crippen LogP contribution in [0.3, 0.4) is 0 Å². The Bertz CT molecular complexity index is 1520. The van der Waals surface area contributed by atoms with Crippen molar-refractivity contribution in [1.82, 2.24) is 14.8 Å². The first kappa shape index (κ1) is 23.6. The molecule has 6 nitrogen and oxygen atoms in total. The molecule has 0 unspecified atom stereocenters. The largest absolute Gasteiger partial charge is 0.457 e. The molecule has 5 aromatic rings. The van der Waals surface area contributed by atoms with Gasteiger partial charge in [-0.15, -0.1) is 5.10 Å². The van der Waals surface area contributed by atoms with Crippen molar-refractivity contribution in [3.05, 3.63) is 118 Å². The Morgan fingerprint density at radius 2 is 1.50 bits per heavy atom. The molecule has 1 aromatic heterocycles. The maximum Gasteiger partial charge on any atom is 0.295 e. The van der Waals surface area contributed by atoms with Crippen molar-refractivity contribution in [3.63, 3.8) is 0 Å². The number of anilines is 1. The Kier molecular flexibility index (Phi) is 6.71. The maximum atomic E-state index is 13.1. The molecule has 0 aliphatic rings. The summed E-state index contributed by atoms with van der Waals surface area (Å²) in [5.41, 5.74) is 3.00. The Morgan fingerprint density at radius 3 is 2.22 bits per heavy atom. The summed E-state index contributed by atoms with van der Waals surface area (Å²) in [6.45, 7) is 1.94. The van der Waals surface area contributed by atoms with E-state index in [9.17, 15) is 4.79 Å². The second kappa shape index (κ2) is 10.2. The van der Waals surface area contributed by atoms with Gasteiger partial charge in [0.25, 0.3) is 5.91 Å². The van der Waals surface area contributed by atoms with Crippen LogP contribution in [-0.2, 0) is 0 Å². The number of aromatic nitrogens is 3. The number of para-hydroxylation sites is 1. The number of halogens is 2. The second-order valence-corrected chi connectivity index (χ2v) is 8.88. The van der Waals surface area contributed by atoms with Gasteiger partial charge in [0.2, 0.25) is 5.82 Å². The van der Waals surface area contributed by atoms with Crippen LogP contribution >= 0.6 is 23.2 Å². The average Bonchev–Trinajstić information content (AvgIpc) is 3.33. The lowest BCUT2D eigenvalue weighted by atomic mass is 10.2. The highest BCUT2D eigenvalue weighted by atomic mass is 35.5. The number of amides is 1. The quantitative estimate of drug-likeness (QED) is 0.253. The van der Waals surface area contributed by atoms with Crippen LogP contribution in [0.1, 0.15) is 16.2 Å². The highest BCUT2D eigenvalue weighted by molar-refractivity contribution is 6.31. The summed E-state index contributed by atoms with van der Waals surface area (Å²) >= 11 is 12.3. The second-order valence-electron chi connectivity index (χ2n) is 8.00. The van der Waals surface area contributed by atoms with Gasteiger partial charge in [0.1, 0.15) is 11.5 Å². The zero-order valence-corrected chi connectivity index (χ0v) is 20.7. The molecule has 4 aromatic carbocycles. The van der Waals surface area contributed by atoms with Crippen molar-refractivity contribution in [2.24, 2.45) is 0 Å². The van der Waals surface area contributed by atoms with Crippen LogP contribution in [-0.4, -0.2) is 20.7 Å². The van der Waals surface area contributed by atoms with Gasteiger partial charge in [-0.2, -0.15) is 0 Å². The fraction of sp³-hybridized carbons (Fsp3) is 0.0357. The minimum Gasteiger partial charge on any atom is -0.457 e. The highest BCUT2D eigenvalue weighted by Crippen LogP contribution is 2.27. The maximum absolute atomic E-state index is 13.1. The molecule has 0 atom stereocenters. The fourth-order valence-electron chi connectivity index (χ4n) is 3.59. The molecule has 0 bridgehead atoms. The zero-order valence-electron chi connectivity index (χ0n) is 19.2. The molecule has 1 amide bonds. The molecule has 178 valence electrons. The van der Waals surface area contributed by atoms with Gasteiger partial charge in [-0.25, -0.2) is 9.67 Å². The van der Waals surface area contributed by atoms with Crippen LogP contribution in [0.5, 0.6) is 11.5 Å². The standard InChI is InChI=1S/C28H20Cl2N4O2/c1-18-7-10-21(30)17-25(18)34-27(19-8-11-20(29)12-9-19)32-26(33-34)28(35)31-22-13-15-24(16-14-22)36-23-5-3-2-4-6-23/h2-17H,1H3,(H,31,35). The van der Waals surface area contributed by atoms with E-state index < -0.39 is 5.91 Å². The van der Waals surface area contributed by atoms with Gasteiger partial charge < -0.3 is 10.1 Å². The van der Waals surface area contributed by atoms with Gasteiger partial charge in [0.05, 0.1) is 5.69 Å². The normalized spacial score (nSPS) is 10.8. The first-order valence-electron chi connectivity index (χ1n) is 11.1. The first-order valence-corrected chi connectivity index (χ1v) is 11.9. The first-order chi connectivity index (χ1) is 17.5. The van der Waals surface area contributed by atoms with Crippen LogP contribution in [0.15, 0.2) is 97.1 Å². The van der Waals surface area contributed by atoms with Crippen molar-refractivity contribution in [1.29, 1.82) is 0 Å². The monoisotopic (exact) mass is 514 g/mol. The Balaban J connectivity index is 1.43. The van der Waals surface area contributed by atoms with Gasteiger partial charge >= 0.3 is 0 Å². The van der Waals surface area contributed by atoms with Crippen LogP contribution in [0, 0.1) is 6.92 Å². The van der Waals surface area contributed by atoms with E-state index in [4.69, 9.17) is 27.9 Å². The van der Waals surface area contributed by atoms with Gasteiger partial charge in [-0.05, 0) is 85.3 Å². The fourth-order valence-corrected chi connectivity index (χ4v) is 3.88. The molecular formula is C28H20Cl2N4O2. The number of carbonyl (C=O) groups is 1. The lowest BCUT2D eigenvalue weighted by molar-refractivity contribution is 0.101. The lowest BCUT2D eigenvalue weighted by Gasteiger charge is -2.09. The minimum atomic E-state index is -0.444. The predicted molar refractivity (Wildman–Crippen MR) is 142 cm³/mol. The summed E-state index contributed by atoms with van der Waals surface area (Å²) in [6, 6.07) is 29.2. The summed E-state index contributed by atoms with van der Waals surface area (Å²) in [5.74, 6) is 1.45. The molecule has 0 saturated carbocycles. The van der Waals surface area contributed by atoms with Crippen molar-refractivity contribution in [2.75, 3.05) is 5.32 Å². The smallest absolute Gasteiger partial charge is 0.295 e. The SMILES string of the molecule is Cc1ccc(Cl)cc1-n1nc(C(=O)Nc2ccc(Oc3ccccc3)cc2)nc1-c1ccc(Cl)cc1.